The van der Waals surface area contributed by atoms with Crippen molar-refractivity contribution in [3.05, 3.63) is 78.5 Å². The third-order valence-electron chi connectivity index (χ3n) is 5.99. The predicted octanol–water partition coefficient (Wildman–Crippen LogP) is 6.63. The van der Waals surface area contributed by atoms with Crippen molar-refractivity contribution in [3.63, 3.8) is 0 Å². The second-order valence-corrected chi connectivity index (χ2v) is 8.31. The van der Waals surface area contributed by atoms with Crippen LogP contribution < -0.4 is 10.2 Å². The minimum atomic E-state index is -4.30. The minimum Gasteiger partial charge on any atom is -0.370 e. The highest BCUT2D eigenvalue weighted by atomic mass is 35.5. The van der Waals surface area contributed by atoms with E-state index in [1.165, 1.54) is 17.7 Å². The molecule has 2 heterocycles. The highest BCUT2D eigenvalue weighted by Crippen LogP contribution is 2.32. The molecular weight excluding hydrogens is 496 g/mol. The van der Waals surface area contributed by atoms with Gasteiger partial charge in [-0.3, -0.25) is 4.90 Å². The van der Waals surface area contributed by atoms with Crippen LogP contribution in [-0.4, -0.2) is 49.2 Å². The Hall–Kier alpha value is -2.48. The highest BCUT2D eigenvalue weighted by Gasteiger charge is 2.31. The summed E-state index contributed by atoms with van der Waals surface area (Å²) in [5.74, 6) is 0.881. The van der Waals surface area contributed by atoms with Gasteiger partial charge in [-0.25, -0.2) is 4.98 Å². The third-order valence-corrected chi connectivity index (χ3v) is 5.99. The number of hydrogen-bond donors (Lipinski definition) is 1. The van der Waals surface area contributed by atoms with E-state index < -0.39 is 11.7 Å². The average molecular weight is 527 g/mol. The largest absolute Gasteiger partial charge is 0.416 e. The summed E-state index contributed by atoms with van der Waals surface area (Å²) < 4.78 is 38.9. The summed E-state index contributed by atoms with van der Waals surface area (Å²) >= 11 is 0. The maximum atomic E-state index is 13.0. The highest BCUT2D eigenvalue weighted by molar-refractivity contribution is 5.85. The number of halogens is 5. The van der Waals surface area contributed by atoms with Gasteiger partial charge < -0.3 is 10.2 Å². The van der Waals surface area contributed by atoms with Crippen molar-refractivity contribution in [1.82, 2.24) is 9.88 Å². The molecule has 0 spiro atoms. The number of rotatable bonds is 8. The zero-order chi connectivity index (χ0) is 23.1. The van der Waals surface area contributed by atoms with Gasteiger partial charge in [0.05, 0.1) is 5.56 Å². The Morgan fingerprint density at radius 3 is 2.26 bits per heavy atom. The van der Waals surface area contributed by atoms with Gasteiger partial charge >= 0.3 is 6.18 Å². The molecule has 190 valence electrons. The van der Waals surface area contributed by atoms with Gasteiger partial charge in [0.25, 0.3) is 0 Å². The first-order chi connectivity index (χ1) is 16.0. The molecule has 1 aliphatic rings. The number of alkyl halides is 3. The topological polar surface area (TPSA) is 31.4 Å². The van der Waals surface area contributed by atoms with E-state index in [0.717, 1.165) is 69.6 Å². The lowest BCUT2D eigenvalue weighted by molar-refractivity contribution is -0.137. The average Bonchev–Trinajstić information content (AvgIpc) is 2.84. The van der Waals surface area contributed by atoms with E-state index in [1.54, 1.807) is 6.07 Å². The van der Waals surface area contributed by atoms with Crippen molar-refractivity contribution < 1.29 is 13.2 Å². The molecule has 1 aliphatic heterocycles. The molecule has 0 unspecified atom stereocenters. The van der Waals surface area contributed by atoms with Gasteiger partial charge in [-0.05, 0) is 60.8 Å². The number of nitrogens with zero attached hydrogens (tertiary/aromatic N) is 3. The van der Waals surface area contributed by atoms with E-state index in [4.69, 9.17) is 0 Å². The van der Waals surface area contributed by atoms with Crippen LogP contribution >= 0.6 is 24.8 Å². The quantitative estimate of drug-likeness (QED) is 0.334. The lowest BCUT2D eigenvalue weighted by atomic mass is 10.1. The molecule has 0 saturated carbocycles. The van der Waals surface area contributed by atoms with E-state index >= 15 is 0 Å². The minimum absolute atomic E-state index is 0. The first-order valence-electron chi connectivity index (χ1n) is 11.4. The van der Waals surface area contributed by atoms with E-state index in [1.807, 2.05) is 35.4 Å². The van der Waals surface area contributed by atoms with E-state index in [2.05, 4.69) is 33.4 Å². The van der Waals surface area contributed by atoms with Crippen LogP contribution in [0.25, 0.3) is 11.1 Å². The van der Waals surface area contributed by atoms with Crippen molar-refractivity contribution in [2.24, 2.45) is 0 Å². The molecule has 0 bridgehead atoms. The van der Waals surface area contributed by atoms with Crippen LogP contribution in [0.15, 0.2) is 72.9 Å². The number of benzene rings is 2. The maximum Gasteiger partial charge on any atom is 0.416 e. The third kappa shape index (κ3) is 8.30. The predicted molar refractivity (Wildman–Crippen MR) is 142 cm³/mol. The molecule has 9 heteroatoms. The fourth-order valence-electron chi connectivity index (χ4n) is 4.12. The fourth-order valence-corrected chi connectivity index (χ4v) is 4.12. The number of hydrogen-bond acceptors (Lipinski definition) is 4. The molecule has 0 atom stereocenters. The second-order valence-electron chi connectivity index (χ2n) is 8.31. The molecule has 1 aromatic heterocycles. The summed E-state index contributed by atoms with van der Waals surface area (Å²) in [4.78, 5) is 8.84. The van der Waals surface area contributed by atoms with Crippen LogP contribution in [0.4, 0.5) is 24.7 Å². The Labute approximate surface area is 217 Å². The van der Waals surface area contributed by atoms with Crippen LogP contribution in [0.2, 0.25) is 0 Å². The maximum absolute atomic E-state index is 13.0. The normalized spacial score (nSPS) is 14.1. The van der Waals surface area contributed by atoms with Gasteiger partial charge in [0.2, 0.25) is 0 Å². The van der Waals surface area contributed by atoms with Gasteiger partial charge in [0.1, 0.15) is 5.82 Å². The van der Waals surface area contributed by atoms with Crippen LogP contribution in [0.3, 0.4) is 0 Å². The number of aromatic nitrogens is 1. The van der Waals surface area contributed by atoms with Crippen molar-refractivity contribution in [2.45, 2.75) is 19.0 Å². The van der Waals surface area contributed by atoms with Crippen LogP contribution in [0, 0.1) is 0 Å². The van der Waals surface area contributed by atoms with Gasteiger partial charge in [-0.2, -0.15) is 13.2 Å². The number of piperazine rings is 1. The Kier molecular flexibility index (Phi) is 11.1. The summed E-state index contributed by atoms with van der Waals surface area (Å²) in [5.41, 5.74) is 2.39. The van der Waals surface area contributed by atoms with Crippen LogP contribution in [0.1, 0.15) is 18.4 Å². The molecule has 0 radical (unpaired) electrons. The second kappa shape index (κ2) is 13.6. The molecular formula is C26H31Cl2F3N4. The van der Waals surface area contributed by atoms with E-state index in [9.17, 15) is 13.2 Å². The molecule has 2 aromatic carbocycles. The van der Waals surface area contributed by atoms with E-state index in [-0.39, 0.29) is 24.8 Å². The summed E-state index contributed by atoms with van der Waals surface area (Å²) in [5, 5.41) is 3.41. The molecule has 1 fully saturated rings. The first kappa shape index (κ1) is 28.8. The Morgan fingerprint density at radius 1 is 0.800 bits per heavy atom. The molecule has 4 rings (SSSR count). The lowest BCUT2D eigenvalue weighted by Gasteiger charge is -2.36. The molecule has 1 saturated heterocycles. The Morgan fingerprint density at radius 2 is 1.54 bits per heavy atom. The van der Waals surface area contributed by atoms with Crippen LogP contribution in [0.5, 0.6) is 0 Å². The van der Waals surface area contributed by atoms with Crippen molar-refractivity contribution in [3.8, 4) is 11.1 Å². The van der Waals surface area contributed by atoms with Gasteiger partial charge in [0.15, 0.2) is 0 Å². The molecule has 4 nitrogen and oxygen atoms in total. The Bertz CT molecular complexity index is 1030. The number of anilines is 2. The van der Waals surface area contributed by atoms with E-state index in [0.29, 0.717) is 5.69 Å². The van der Waals surface area contributed by atoms with Crippen LogP contribution in [-0.2, 0) is 6.18 Å². The smallest absolute Gasteiger partial charge is 0.370 e. The zero-order valence-corrected chi connectivity index (χ0v) is 21.0. The monoisotopic (exact) mass is 526 g/mol. The van der Waals surface area contributed by atoms with Gasteiger partial charge in [0, 0.05) is 44.6 Å². The Balaban J connectivity index is 0.00000216. The fraction of sp³-hybridized carbons (Fsp3) is 0.346. The standard InChI is InChI=1S/C26H29F3N4.2ClH/c27-26(28,29)23-9-6-10-24(20-23)33-17-15-32(16-18-33)14-5-4-12-30-25-19-22(11-13-31-25)21-7-2-1-3-8-21;;/h1-3,6-11,13,19-20H,4-5,12,14-18H2,(H,30,31);2*1H. The molecule has 1 N–H and O–H groups in total. The SMILES string of the molecule is Cl.Cl.FC(F)(F)c1cccc(N2CCN(CCCCNc3cc(-c4ccccc4)ccn3)CC2)c1. The summed E-state index contributed by atoms with van der Waals surface area (Å²) in [7, 11) is 0. The lowest BCUT2D eigenvalue weighted by Crippen LogP contribution is -2.46. The molecule has 0 aliphatic carbocycles. The van der Waals surface area contributed by atoms with Crippen molar-refractivity contribution >= 4 is 36.3 Å². The molecule has 0 amide bonds. The first-order valence-corrected chi connectivity index (χ1v) is 11.4. The number of pyridine rings is 1. The number of unbranched alkanes of at least 4 members (excludes halogenated alkanes) is 1. The molecule has 35 heavy (non-hydrogen) atoms. The number of nitrogens with one attached hydrogen (secondary N) is 1. The summed E-state index contributed by atoms with van der Waals surface area (Å²) in [6.45, 7) is 5.07. The molecule has 3 aromatic rings. The summed E-state index contributed by atoms with van der Waals surface area (Å²) in [6, 6.07) is 20.0. The van der Waals surface area contributed by atoms with Crippen molar-refractivity contribution in [1.29, 1.82) is 0 Å². The summed E-state index contributed by atoms with van der Waals surface area (Å²) in [6.07, 6.45) is -0.376. The van der Waals surface area contributed by atoms with Gasteiger partial charge in [-0.15, -0.1) is 24.8 Å². The van der Waals surface area contributed by atoms with Gasteiger partial charge in [-0.1, -0.05) is 36.4 Å². The zero-order valence-electron chi connectivity index (χ0n) is 19.4. The van der Waals surface area contributed by atoms with Crippen molar-refractivity contribution in [2.75, 3.05) is 49.5 Å².